The zero-order valence-corrected chi connectivity index (χ0v) is 13.1. The summed E-state index contributed by atoms with van der Waals surface area (Å²) in [6.07, 6.45) is 4.69. The van der Waals surface area contributed by atoms with Gasteiger partial charge in [-0.1, -0.05) is 0 Å². The predicted octanol–water partition coefficient (Wildman–Crippen LogP) is 1.30. The van der Waals surface area contributed by atoms with Gasteiger partial charge < -0.3 is 15.4 Å². The van der Waals surface area contributed by atoms with E-state index in [1.54, 1.807) is 0 Å². The Balaban J connectivity index is 2.11. The van der Waals surface area contributed by atoms with E-state index in [1.165, 1.54) is 25.9 Å². The van der Waals surface area contributed by atoms with Crippen LogP contribution in [0.5, 0.6) is 0 Å². The van der Waals surface area contributed by atoms with Crippen molar-refractivity contribution < 1.29 is 4.74 Å². The summed E-state index contributed by atoms with van der Waals surface area (Å²) < 4.78 is 5.89. The number of likely N-dealkylation sites (N-methyl/N-ethyl adjacent to an activating group) is 2. The number of nitrogens with zero attached hydrogens (tertiary/aromatic N) is 2. The molecule has 0 bridgehead atoms. The summed E-state index contributed by atoms with van der Waals surface area (Å²) >= 11 is 0. The van der Waals surface area contributed by atoms with Crippen molar-refractivity contribution >= 4 is 0 Å². The minimum Gasteiger partial charge on any atom is -0.375 e. The molecule has 4 heteroatoms. The normalized spacial score (nSPS) is 36.6. The van der Waals surface area contributed by atoms with Crippen molar-refractivity contribution in [2.45, 2.75) is 56.7 Å². The van der Waals surface area contributed by atoms with E-state index in [1.807, 2.05) is 0 Å². The quantitative estimate of drug-likeness (QED) is 0.838. The van der Waals surface area contributed by atoms with Crippen molar-refractivity contribution in [3.05, 3.63) is 0 Å². The van der Waals surface area contributed by atoms with Crippen LogP contribution in [0.3, 0.4) is 0 Å². The lowest BCUT2D eigenvalue weighted by Crippen LogP contribution is -2.63. The third-order valence-electron chi connectivity index (χ3n) is 5.09. The highest BCUT2D eigenvalue weighted by Crippen LogP contribution is 2.37. The van der Waals surface area contributed by atoms with Crippen molar-refractivity contribution in [2.75, 3.05) is 40.3 Å². The van der Waals surface area contributed by atoms with Crippen molar-refractivity contribution in [1.29, 1.82) is 0 Å². The minimum absolute atomic E-state index is 0.0492. The molecule has 0 aromatic carbocycles. The van der Waals surface area contributed by atoms with Gasteiger partial charge in [0.2, 0.25) is 0 Å². The van der Waals surface area contributed by atoms with Gasteiger partial charge in [-0.05, 0) is 60.2 Å². The average molecular weight is 269 g/mol. The highest BCUT2D eigenvalue weighted by Gasteiger charge is 2.45. The Morgan fingerprint density at radius 3 is 2.74 bits per heavy atom. The fraction of sp³-hybridized carbons (Fsp3) is 1.00. The summed E-state index contributed by atoms with van der Waals surface area (Å²) in [4.78, 5) is 5.02. The molecule has 2 aliphatic heterocycles. The number of hydrogen-bond donors (Lipinski definition) is 1. The molecule has 0 aromatic rings. The third kappa shape index (κ3) is 3.30. The zero-order chi connectivity index (χ0) is 14.1. The maximum atomic E-state index is 6.19. The van der Waals surface area contributed by atoms with Gasteiger partial charge in [0.05, 0.1) is 5.60 Å². The van der Waals surface area contributed by atoms with Gasteiger partial charge in [-0.2, -0.15) is 0 Å². The van der Waals surface area contributed by atoms with E-state index in [0.717, 1.165) is 26.0 Å². The Hall–Kier alpha value is -0.160. The number of ether oxygens (including phenoxy) is 1. The first-order chi connectivity index (χ1) is 8.88. The number of likely N-dealkylation sites (tertiary alicyclic amines) is 1. The second-order valence-electron chi connectivity index (χ2n) is 7.13. The van der Waals surface area contributed by atoms with Crippen LogP contribution in [-0.4, -0.2) is 67.3 Å². The lowest BCUT2D eigenvalue weighted by atomic mass is 9.79. The standard InChI is InChI=1S/C15H31N3O/c1-14(2)11-15(12-16,7-9-19-14)18(4)13-6-5-8-17(3)10-13/h13H,5-12,16H2,1-4H3. The van der Waals surface area contributed by atoms with Crippen LogP contribution in [0, 0.1) is 0 Å². The fourth-order valence-electron chi connectivity index (χ4n) is 3.91. The van der Waals surface area contributed by atoms with Crippen LogP contribution in [0.25, 0.3) is 0 Å². The average Bonchev–Trinajstić information content (AvgIpc) is 2.36. The molecule has 112 valence electrons. The number of piperidine rings is 1. The van der Waals surface area contributed by atoms with Gasteiger partial charge in [0.1, 0.15) is 0 Å². The summed E-state index contributed by atoms with van der Waals surface area (Å²) in [6.45, 7) is 8.34. The van der Waals surface area contributed by atoms with E-state index in [4.69, 9.17) is 10.5 Å². The zero-order valence-electron chi connectivity index (χ0n) is 13.1. The molecule has 2 saturated heterocycles. The molecule has 0 amide bonds. The molecule has 2 N–H and O–H groups in total. The van der Waals surface area contributed by atoms with Crippen LogP contribution in [0.1, 0.15) is 39.5 Å². The van der Waals surface area contributed by atoms with Gasteiger partial charge in [0.25, 0.3) is 0 Å². The van der Waals surface area contributed by atoms with Crippen molar-refractivity contribution in [2.24, 2.45) is 5.73 Å². The molecule has 2 atom stereocenters. The van der Waals surface area contributed by atoms with Gasteiger partial charge in [-0.15, -0.1) is 0 Å². The molecule has 0 radical (unpaired) electrons. The lowest BCUT2D eigenvalue weighted by Gasteiger charge is -2.53. The topological polar surface area (TPSA) is 41.7 Å². The summed E-state index contributed by atoms with van der Waals surface area (Å²) in [6, 6.07) is 0.635. The second-order valence-corrected chi connectivity index (χ2v) is 7.13. The van der Waals surface area contributed by atoms with Gasteiger partial charge in [0.15, 0.2) is 0 Å². The SMILES string of the molecule is CN1CCCC(N(C)C2(CN)CCOC(C)(C)C2)C1. The monoisotopic (exact) mass is 269 g/mol. The molecule has 0 saturated carbocycles. The van der Waals surface area contributed by atoms with E-state index in [9.17, 15) is 0 Å². The van der Waals surface area contributed by atoms with Crippen molar-refractivity contribution in [3.8, 4) is 0 Å². The Morgan fingerprint density at radius 2 is 2.16 bits per heavy atom. The van der Waals surface area contributed by atoms with Crippen LogP contribution in [0.15, 0.2) is 0 Å². The molecular formula is C15H31N3O. The van der Waals surface area contributed by atoms with E-state index in [2.05, 4.69) is 37.7 Å². The van der Waals surface area contributed by atoms with Gasteiger partial charge in [0, 0.05) is 31.3 Å². The van der Waals surface area contributed by atoms with Crippen LogP contribution in [0.2, 0.25) is 0 Å². The van der Waals surface area contributed by atoms with Gasteiger partial charge in [-0.25, -0.2) is 0 Å². The molecule has 4 nitrogen and oxygen atoms in total. The van der Waals surface area contributed by atoms with E-state index >= 15 is 0 Å². The van der Waals surface area contributed by atoms with E-state index < -0.39 is 0 Å². The molecule has 0 spiro atoms. The molecule has 0 aromatic heterocycles. The Bertz CT molecular complexity index is 308. The van der Waals surface area contributed by atoms with Crippen LogP contribution in [0.4, 0.5) is 0 Å². The van der Waals surface area contributed by atoms with Crippen LogP contribution >= 0.6 is 0 Å². The molecule has 2 unspecified atom stereocenters. The summed E-state index contributed by atoms with van der Waals surface area (Å²) in [5.74, 6) is 0. The minimum atomic E-state index is -0.0492. The highest BCUT2D eigenvalue weighted by molar-refractivity contribution is 5.01. The van der Waals surface area contributed by atoms with E-state index in [0.29, 0.717) is 6.04 Å². The lowest BCUT2D eigenvalue weighted by molar-refractivity contribution is -0.124. The number of rotatable bonds is 3. The molecule has 0 aliphatic carbocycles. The predicted molar refractivity (Wildman–Crippen MR) is 79.3 cm³/mol. The largest absolute Gasteiger partial charge is 0.375 e. The molecular weight excluding hydrogens is 238 g/mol. The molecule has 2 heterocycles. The highest BCUT2D eigenvalue weighted by atomic mass is 16.5. The maximum absolute atomic E-state index is 6.19. The summed E-state index contributed by atoms with van der Waals surface area (Å²) in [5.41, 5.74) is 6.26. The first-order valence-electron chi connectivity index (χ1n) is 7.64. The van der Waals surface area contributed by atoms with Crippen molar-refractivity contribution in [3.63, 3.8) is 0 Å². The molecule has 2 aliphatic rings. The Kier molecular flexibility index (Phi) is 4.56. The Labute approximate surface area is 118 Å². The first-order valence-corrected chi connectivity index (χ1v) is 7.64. The van der Waals surface area contributed by atoms with Gasteiger partial charge in [-0.3, -0.25) is 4.90 Å². The van der Waals surface area contributed by atoms with E-state index in [-0.39, 0.29) is 11.1 Å². The van der Waals surface area contributed by atoms with Gasteiger partial charge >= 0.3 is 0 Å². The maximum Gasteiger partial charge on any atom is 0.0644 e. The first kappa shape index (κ1) is 15.2. The molecule has 19 heavy (non-hydrogen) atoms. The third-order valence-corrected chi connectivity index (χ3v) is 5.09. The van der Waals surface area contributed by atoms with Crippen LogP contribution < -0.4 is 5.73 Å². The fourth-order valence-corrected chi connectivity index (χ4v) is 3.91. The molecule has 2 rings (SSSR count). The number of nitrogens with two attached hydrogens (primary N) is 1. The van der Waals surface area contributed by atoms with Crippen molar-refractivity contribution in [1.82, 2.24) is 9.80 Å². The van der Waals surface area contributed by atoms with Crippen LogP contribution in [-0.2, 0) is 4.74 Å². The Morgan fingerprint density at radius 1 is 1.42 bits per heavy atom. The molecule has 2 fully saturated rings. The summed E-state index contributed by atoms with van der Waals surface area (Å²) in [5, 5.41) is 0. The smallest absolute Gasteiger partial charge is 0.0644 e. The number of hydrogen-bond acceptors (Lipinski definition) is 4. The summed E-state index contributed by atoms with van der Waals surface area (Å²) in [7, 11) is 4.50. The second kappa shape index (κ2) is 5.68.